The van der Waals surface area contributed by atoms with Crippen LogP contribution in [0.5, 0.6) is 0 Å². The second kappa shape index (κ2) is 22.8. The molecule has 0 aromatic heterocycles. The maximum Gasteiger partial charge on any atom is -0.0184 e. The quantitative estimate of drug-likeness (QED) is 0.231. The molecule has 0 radical (unpaired) electrons. The molecule has 0 fully saturated rings. The van der Waals surface area contributed by atoms with Gasteiger partial charge in [0.05, 0.1) is 0 Å². The van der Waals surface area contributed by atoms with Gasteiger partial charge in [0.25, 0.3) is 0 Å². The summed E-state index contributed by atoms with van der Waals surface area (Å²) >= 11 is 0. The smallest absolute Gasteiger partial charge is 0.0184 e. The van der Waals surface area contributed by atoms with Gasteiger partial charge in [0.15, 0.2) is 0 Å². The molecule has 0 spiro atoms. The molecule has 0 N–H and O–H groups in total. The molecule has 200 valence electrons. The zero-order valence-electron chi connectivity index (χ0n) is 25.5. The van der Waals surface area contributed by atoms with E-state index in [0.29, 0.717) is 0 Å². The van der Waals surface area contributed by atoms with E-state index in [4.69, 9.17) is 0 Å². The zero-order valence-corrected chi connectivity index (χ0v) is 25.5. The summed E-state index contributed by atoms with van der Waals surface area (Å²) in [7, 11) is 0. The van der Waals surface area contributed by atoms with Crippen LogP contribution in [-0.4, -0.2) is 0 Å². The summed E-state index contributed by atoms with van der Waals surface area (Å²) in [5.74, 6) is 3.33. The lowest BCUT2D eigenvalue weighted by atomic mass is 10.1. The molecule has 0 nitrogen and oxygen atoms in total. The summed E-state index contributed by atoms with van der Waals surface area (Å²) in [5, 5.41) is 5.24. The summed E-state index contributed by atoms with van der Waals surface area (Å²) in [6.45, 7) is 26.0. The van der Waals surface area contributed by atoms with Gasteiger partial charge < -0.3 is 0 Å². The second-order valence-electron chi connectivity index (χ2n) is 11.6. The van der Waals surface area contributed by atoms with E-state index in [9.17, 15) is 0 Å². The molecule has 0 bridgehead atoms. The number of hydrogen-bond acceptors (Lipinski definition) is 0. The molecule has 0 unspecified atom stereocenters. The molecule has 4 aromatic carbocycles. The minimum Gasteiger partial charge on any atom is -0.0630 e. The van der Waals surface area contributed by atoms with Crippen molar-refractivity contribution in [2.45, 2.75) is 83.1 Å². The summed E-state index contributed by atoms with van der Waals surface area (Å²) in [4.78, 5) is 0. The normalized spacial score (nSPS) is 9.56. The van der Waals surface area contributed by atoms with Crippen LogP contribution < -0.4 is 0 Å². The van der Waals surface area contributed by atoms with E-state index >= 15 is 0 Å². The van der Waals surface area contributed by atoms with Crippen molar-refractivity contribution in [3.8, 4) is 0 Å². The number of fused-ring (bicyclic) bond motifs is 2. The molecule has 36 heavy (non-hydrogen) atoms. The third-order valence-electron chi connectivity index (χ3n) is 3.32. The maximum atomic E-state index is 2.17. The van der Waals surface area contributed by atoms with Crippen molar-refractivity contribution in [3.63, 3.8) is 0 Å². The van der Waals surface area contributed by atoms with E-state index in [2.05, 4.69) is 180 Å². The fourth-order valence-corrected chi connectivity index (χ4v) is 2.27. The first-order valence-corrected chi connectivity index (χ1v) is 13.7. The van der Waals surface area contributed by atoms with Crippen molar-refractivity contribution in [3.05, 3.63) is 97.1 Å². The number of hydrogen-bond donors (Lipinski definition) is 0. The molecule has 0 saturated carbocycles. The lowest BCUT2D eigenvalue weighted by molar-refractivity contribution is 0.736. The van der Waals surface area contributed by atoms with Gasteiger partial charge in [0.1, 0.15) is 0 Å². The highest BCUT2D eigenvalue weighted by Gasteiger charge is 1.86. The van der Waals surface area contributed by atoms with Crippen molar-refractivity contribution >= 4 is 21.5 Å². The third kappa shape index (κ3) is 26.0. The largest absolute Gasteiger partial charge is 0.0630 e. The number of benzene rings is 4. The monoisotopic (exact) mass is 488 g/mol. The van der Waals surface area contributed by atoms with E-state index in [1.165, 1.54) is 21.5 Å². The summed E-state index contributed by atoms with van der Waals surface area (Å²) < 4.78 is 0. The van der Waals surface area contributed by atoms with Gasteiger partial charge in [-0.25, -0.2) is 0 Å². The van der Waals surface area contributed by atoms with Gasteiger partial charge in [0, 0.05) is 0 Å². The first-order chi connectivity index (χ1) is 16.9. The molecule has 4 aromatic rings. The van der Waals surface area contributed by atoms with Crippen LogP contribution in [0.15, 0.2) is 97.1 Å². The van der Waals surface area contributed by atoms with Gasteiger partial charge in [-0.2, -0.15) is 0 Å². The number of rotatable bonds is 0. The van der Waals surface area contributed by atoms with Gasteiger partial charge in [0.2, 0.25) is 0 Å². The first-order valence-electron chi connectivity index (χ1n) is 13.7. The first kappa shape index (κ1) is 35.6. The van der Waals surface area contributed by atoms with Gasteiger partial charge in [-0.3, -0.25) is 0 Å². The van der Waals surface area contributed by atoms with Crippen molar-refractivity contribution in [2.24, 2.45) is 23.7 Å². The standard InChI is InChI=1S/2C10H8.4C4H10/c2*1-2-6-10-8-4-3-7-9(10)5-1;4*1-4(2)3/h2*1-8H;4*4H,1-3H3. The van der Waals surface area contributed by atoms with Crippen molar-refractivity contribution < 1.29 is 0 Å². The zero-order chi connectivity index (χ0) is 27.9. The van der Waals surface area contributed by atoms with E-state index < -0.39 is 0 Å². The van der Waals surface area contributed by atoms with Crippen LogP contribution in [0.1, 0.15) is 83.1 Å². The van der Waals surface area contributed by atoms with Gasteiger partial charge in [-0.1, -0.05) is 180 Å². The molecular weight excluding hydrogens is 432 g/mol. The summed E-state index contributed by atoms with van der Waals surface area (Å²) in [6.07, 6.45) is 0. The predicted molar refractivity (Wildman–Crippen MR) is 170 cm³/mol. The summed E-state index contributed by atoms with van der Waals surface area (Å²) in [5.41, 5.74) is 0. The highest BCUT2D eigenvalue weighted by molar-refractivity contribution is 5.82. The Morgan fingerprint density at radius 1 is 0.250 bits per heavy atom. The van der Waals surface area contributed by atoms with Gasteiger partial charge in [-0.05, 0) is 45.2 Å². The molecule has 0 aliphatic carbocycles. The van der Waals surface area contributed by atoms with E-state index in [0.717, 1.165) is 23.7 Å². The third-order valence-corrected chi connectivity index (χ3v) is 3.32. The molecule has 0 aliphatic rings. The lowest BCUT2D eigenvalue weighted by Gasteiger charge is -1.92. The highest BCUT2D eigenvalue weighted by atomic mass is 13.9. The van der Waals surface area contributed by atoms with E-state index in [-0.39, 0.29) is 0 Å². The van der Waals surface area contributed by atoms with Crippen molar-refractivity contribution in [1.82, 2.24) is 0 Å². The van der Waals surface area contributed by atoms with Crippen LogP contribution in [0.4, 0.5) is 0 Å². The Hall–Kier alpha value is -2.60. The van der Waals surface area contributed by atoms with Gasteiger partial charge >= 0.3 is 0 Å². The molecule has 0 aliphatic heterocycles. The topological polar surface area (TPSA) is 0 Å². The molecule has 0 saturated heterocycles. The van der Waals surface area contributed by atoms with Crippen LogP contribution >= 0.6 is 0 Å². The predicted octanol–water partition coefficient (Wildman–Crippen LogP) is 12.3. The fraction of sp³-hybridized carbons (Fsp3) is 0.444. The lowest BCUT2D eigenvalue weighted by Crippen LogP contribution is -1.67. The highest BCUT2D eigenvalue weighted by Crippen LogP contribution is 2.12. The average Bonchev–Trinajstić information content (AvgIpc) is 2.78. The Labute approximate surface area is 225 Å². The van der Waals surface area contributed by atoms with Crippen LogP contribution in [0.25, 0.3) is 21.5 Å². The molecule has 0 heterocycles. The fourth-order valence-electron chi connectivity index (χ4n) is 2.27. The molecule has 0 amide bonds. The Kier molecular flexibility index (Phi) is 22.6. The Balaban J connectivity index is 0. The molecule has 4 rings (SSSR count). The second-order valence-corrected chi connectivity index (χ2v) is 11.6. The van der Waals surface area contributed by atoms with Crippen LogP contribution in [0, 0.1) is 23.7 Å². The molecular formula is C36H56. The Bertz CT molecular complexity index is 755. The Morgan fingerprint density at radius 3 is 0.417 bits per heavy atom. The maximum absolute atomic E-state index is 2.17. The van der Waals surface area contributed by atoms with Crippen molar-refractivity contribution in [2.75, 3.05) is 0 Å². The van der Waals surface area contributed by atoms with E-state index in [1.807, 2.05) is 0 Å². The van der Waals surface area contributed by atoms with Crippen LogP contribution in [-0.2, 0) is 0 Å². The minimum atomic E-state index is 0.833. The minimum absolute atomic E-state index is 0.833. The Morgan fingerprint density at radius 2 is 0.333 bits per heavy atom. The SMILES string of the molecule is CC(C)C.CC(C)C.CC(C)C.CC(C)C.c1ccc2ccccc2c1.c1ccc2ccccc2c1. The molecule has 0 atom stereocenters. The summed E-state index contributed by atoms with van der Waals surface area (Å²) in [6, 6.07) is 33.4. The average molecular weight is 489 g/mol. The van der Waals surface area contributed by atoms with Crippen molar-refractivity contribution in [1.29, 1.82) is 0 Å². The van der Waals surface area contributed by atoms with E-state index in [1.54, 1.807) is 0 Å². The van der Waals surface area contributed by atoms with Crippen LogP contribution in [0.2, 0.25) is 0 Å². The van der Waals surface area contributed by atoms with Gasteiger partial charge in [-0.15, -0.1) is 0 Å². The van der Waals surface area contributed by atoms with Crippen LogP contribution in [0.3, 0.4) is 0 Å². The molecule has 0 heteroatoms.